The summed E-state index contributed by atoms with van der Waals surface area (Å²) in [5.74, 6) is 0.161. The van der Waals surface area contributed by atoms with Crippen molar-refractivity contribution in [3.8, 4) is 0 Å². The normalized spacial score (nSPS) is 16.5. The Kier molecular flexibility index (Phi) is 8.62. The van der Waals surface area contributed by atoms with Crippen LogP contribution in [0.25, 0.3) is 0 Å². The quantitative estimate of drug-likeness (QED) is 0.809. The molecule has 0 bridgehead atoms. The summed E-state index contributed by atoms with van der Waals surface area (Å²) < 4.78 is 5.70. The van der Waals surface area contributed by atoms with Crippen LogP contribution in [0.15, 0.2) is 60.7 Å². The van der Waals surface area contributed by atoms with E-state index in [1.165, 1.54) is 5.56 Å². The van der Waals surface area contributed by atoms with Crippen LogP contribution in [0.3, 0.4) is 0 Å². The molecule has 0 radical (unpaired) electrons. The van der Waals surface area contributed by atoms with E-state index in [-0.39, 0.29) is 24.4 Å². The molecular formula is C21H27ClN2O2. The fourth-order valence-electron chi connectivity index (χ4n) is 3.08. The molecule has 3 rings (SSSR count). The van der Waals surface area contributed by atoms with Crippen LogP contribution in [-0.2, 0) is 22.5 Å². The van der Waals surface area contributed by atoms with Crippen molar-refractivity contribution in [1.29, 1.82) is 0 Å². The van der Waals surface area contributed by atoms with E-state index < -0.39 is 0 Å². The third-order valence-corrected chi connectivity index (χ3v) is 4.49. The predicted octanol–water partition coefficient (Wildman–Crippen LogP) is 3.06. The highest BCUT2D eigenvalue weighted by atomic mass is 35.5. The molecule has 4 nitrogen and oxygen atoms in total. The highest BCUT2D eigenvalue weighted by molar-refractivity contribution is 5.85. The van der Waals surface area contributed by atoms with Gasteiger partial charge < -0.3 is 15.0 Å². The Hall–Kier alpha value is -1.88. The van der Waals surface area contributed by atoms with Crippen LogP contribution in [-0.4, -0.2) is 43.2 Å². The van der Waals surface area contributed by atoms with Crippen molar-refractivity contribution in [2.24, 2.45) is 0 Å². The van der Waals surface area contributed by atoms with Crippen LogP contribution in [0.4, 0.5) is 0 Å². The smallest absolute Gasteiger partial charge is 0.225 e. The van der Waals surface area contributed by atoms with Crippen LogP contribution in [0.5, 0.6) is 0 Å². The summed E-state index contributed by atoms with van der Waals surface area (Å²) in [6, 6.07) is 20.5. The molecule has 0 aromatic heterocycles. The first-order chi connectivity index (χ1) is 12.3. The van der Waals surface area contributed by atoms with Crippen molar-refractivity contribution in [3.63, 3.8) is 0 Å². The molecule has 1 amide bonds. The Balaban J connectivity index is 0.00000243. The molecular weight excluding hydrogens is 348 g/mol. The number of carbonyl (C=O) groups excluding carboxylic acids is 1. The number of nitrogens with one attached hydrogen (secondary N) is 1. The highest BCUT2D eigenvalue weighted by Crippen LogP contribution is 2.11. The molecule has 1 fully saturated rings. The summed E-state index contributed by atoms with van der Waals surface area (Å²) in [6.07, 6.45) is 1.29. The summed E-state index contributed by atoms with van der Waals surface area (Å²) in [7, 11) is 0. The maximum atomic E-state index is 12.9. The van der Waals surface area contributed by atoms with Gasteiger partial charge in [0.2, 0.25) is 5.91 Å². The number of amides is 1. The minimum Gasteiger partial charge on any atom is -0.375 e. The highest BCUT2D eigenvalue weighted by Gasteiger charge is 2.21. The molecule has 1 aliphatic rings. The molecule has 140 valence electrons. The summed E-state index contributed by atoms with van der Waals surface area (Å²) in [4.78, 5) is 14.8. The second-order valence-electron chi connectivity index (χ2n) is 6.44. The SMILES string of the molecule is Cl.O=C(CC1CNCCO1)N(CCc1ccccc1)Cc1ccccc1. The van der Waals surface area contributed by atoms with Crippen LogP contribution in [0.1, 0.15) is 17.5 Å². The fraction of sp³-hybridized carbons (Fsp3) is 0.381. The topological polar surface area (TPSA) is 41.6 Å². The Morgan fingerprint density at radius 1 is 1.04 bits per heavy atom. The van der Waals surface area contributed by atoms with Gasteiger partial charge in [-0.05, 0) is 17.5 Å². The summed E-state index contributed by atoms with van der Waals surface area (Å²) in [5, 5.41) is 3.29. The number of halogens is 1. The van der Waals surface area contributed by atoms with Gasteiger partial charge in [-0.25, -0.2) is 0 Å². The van der Waals surface area contributed by atoms with Crippen LogP contribution in [0, 0.1) is 0 Å². The Bertz CT molecular complexity index is 646. The summed E-state index contributed by atoms with van der Waals surface area (Å²) in [6.45, 7) is 3.67. The molecule has 1 N–H and O–H groups in total. The maximum Gasteiger partial charge on any atom is 0.225 e. The number of hydrogen-bond acceptors (Lipinski definition) is 3. The number of rotatable bonds is 7. The fourth-order valence-corrected chi connectivity index (χ4v) is 3.08. The van der Waals surface area contributed by atoms with Crippen molar-refractivity contribution in [2.45, 2.75) is 25.5 Å². The predicted molar refractivity (Wildman–Crippen MR) is 106 cm³/mol. The lowest BCUT2D eigenvalue weighted by Gasteiger charge is -2.28. The molecule has 0 aliphatic carbocycles. The van der Waals surface area contributed by atoms with E-state index in [1.54, 1.807) is 0 Å². The van der Waals surface area contributed by atoms with E-state index in [9.17, 15) is 4.79 Å². The molecule has 0 spiro atoms. The van der Waals surface area contributed by atoms with Gasteiger partial charge in [-0.1, -0.05) is 60.7 Å². The summed E-state index contributed by atoms with van der Waals surface area (Å²) in [5.41, 5.74) is 2.41. The van der Waals surface area contributed by atoms with E-state index >= 15 is 0 Å². The largest absolute Gasteiger partial charge is 0.375 e. The first-order valence-corrected chi connectivity index (χ1v) is 8.99. The lowest BCUT2D eigenvalue weighted by atomic mass is 10.1. The maximum absolute atomic E-state index is 12.9. The van der Waals surface area contributed by atoms with Crippen molar-refractivity contribution < 1.29 is 9.53 Å². The van der Waals surface area contributed by atoms with Crippen LogP contribution in [0.2, 0.25) is 0 Å². The molecule has 5 heteroatoms. The summed E-state index contributed by atoms with van der Waals surface area (Å²) >= 11 is 0. The van der Waals surface area contributed by atoms with Gasteiger partial charge in [0, 0.05) is 26.2 Å². The minimum absolute atomic E-state index is 0. The van der Waals surface area contributed by atoms with E-state index in [0.29, 0.717) is 19.6 Å². The standard InChI is InChI=1S/C21H26N2O2.ClH/c24-21(15-20-16-22-12-14-25-20)23(17-19-9-5-2-6-10-19)13-11-18-7-3-1-4-8-18;/h1-10,20,22H,11-17H2;1H. The Labute approximate surface area is 162 Å². The number of morpholine rings is 1. The van der Waals surface area contributed by atoms with Gasteiger partial charge >= 0.3 is 0 Å². The molecule has 2 aromatic rings. The minimum atomic E-state index is -0.0174. The van der Waals surface area contributed by atoms with Crippen molar-refractivity contribution >= 4 is 18.3 Å². The van der Waals surface area contributed by atoms with Gasteiger partial charge in [-0.15, -0.1) is 12.4 Å². The second-order valence-corrected chi connectivity index (χ2v) is 6.44. The molecule has 0 saturated carbocycles. The number of carbonyl (C=O) groups is 1. The number of benzene rings is 2. The number of hydrogen-bond donors (Lipinski definition) is 1. The number of nitrogens with zero attached hydrogens (tertiary/aromatic N) is 1. The third kappa shape index (κ3) is 6.45. The average molecular weight is 375 g/mol. The van der Waals surface area contributed by atoms with Gasteiger partial charge in [0.1, 0.15) is 0 Å². The Morgan fingerprint density at radius 3 is 2.31 bits per heavy atom. The molecule has 2 aromatic carbocycles. The van der Waals surface area contributed by atoms with Crippen molar-refractivity contribution in [1.82, 2.24) is 10.2 Å². The third-order valence-electron chi connectivity index (χ3n) is 4.49. The van der Waals surface area contributed by atoms with E-state index in [0.717, 1.165) is 31.6 Å². The monoisotopic (exact) mass is 374 g/mol. The number of ether oxygens (including phenoxy) is 1. The molecule has 1 saturated heterocycles. The van der Waals surface area contributed by atoms with E-state index in [4.69, 9.17) is 4.74 Å². The van der Waals surface area contributed by atoms with Crippen molar-refractivity contribution in [2.75, 3.05) is 26.2 Å². The zero-order valence-electron chi connectivity index (χ0n) is 15.0. The van der Waals surface area contributed by atoms with Crippen molar-refractivity contribution in [3.05, 3.63) is 71.8 Å². The zero-order chi connectivity index (χ0) is 17.3. The van der Waals surface area contributed by atoms with Gasteiger partial charge in [-0.3, -0.25) is 4.79 Å². The molecule has 1 heterocycles. The van der Waals surface area contributed by atoms with E-state index in [1.807, 2.05) is 41.3 Å². The molecule has 1 unspecified atom stereocenters. The Morgan fingerprint density at radius 2 is 1.69 bits per heavy atom. The molecule has 1 atom stereocenters. The van der Waals surface area contributed by atoms with Crippen LogP contribution < -0.4 is 5.32 Å². The second kappa shape index (κ2) is 11.0. The van der Waals surface area contributed by atoms with Gasteiger partial charge in [0.15, 0.2) is 0 Å². The zero-order valence-corrected chi connectivity index (χ0v) is 15.8. The molecule has 26 heavy (non-hydrogen) atoms. The van der Waals surface area contributed by atoms with Gasteiger partial charge in [0.05, 0.1) is 19.1 Å². The first kappa shape index (κ1) is 20.4. The first-order valence-electron chi connectivity index (χ1n) is 8.99. The van der Waals surface area contributed by atoms with Gasteiger partial charge in [-0.2, -0.15) is 0 Å². The van der Waals surface area contributed by atoms with E-state index in [2.05, 4.69) is 29.6 Å². The lowest BCUT2D eigenvalue weighted by molar-refractivity contribution is -0.135. The molecule has 1 aliphatic heterocycles. The van der Waals surface area contributed by atoms with Gasteiger partial charge in [0.25, 0.3) is 0 Å². The lowest BCUT2D eigenvalue weighted by Crippen LogP contribution is -2.42. The van der Waals surface area contributed by atoms with Crippen LogP contribution >= 0.6 is 12.4 Å². The average Bonchev–Trinajstić information content (AvgIpc) is 2.67.